The quantitative estimate of drug-likeness (QED) is 0.336. The first-order valence-electron chi connectivity index (χ1n) is 13.2. The number of carbonyl (C=O) groups is 2. The first-order chi connectivity index (χ1) is 17.7. The number of aromatic hydroxyl groups is 1. The van der Waals surface area contributed by atoms with Crippen LogP contribution in [0.1, 0.15) is 69.7 Å². The number of ketones is 1. The Morgan fingerprint density at radius 3 is 2.22 bits per heavy atom. The van der Waals surface area contributed by atoms with Crippen molar-refractivity contribution in [3.05, 3.63) is 54.2 Å². The highest BCUT2D eigenvalue weighted by Gasteiger charge is 2.33. The maximum absolute atomic E-state index is 13.2. The number of phenolic OH excluding ortho intramolecular Hbond substituents is 1. The molecule has 2 fully saturated rings. The van der Waals surface area contributed by atoms with Crippen LogP contribution in [0.5, 0.6) is 5.75 Å². The van der Waals surface area contributed by atoms with Gasteiger partial charge in [0.25, 0.3) is 0 Å². The van der Waals surface area contributed by atoms with Gasteiger partial charge in [-0.05, 0) is 94.7 Å². The molecule has 1 amide bonds. The minimum atomic E-state index is -0.519. The highest BCUT2D eigenvalue weighted by molar-refractivity contribution is 6.10. The molecule has 0 atom stereocenters. The summed E-state index contributed by atoms with van der Waals surface area (Å²) in [5.41, 5.74) is 3.81. The highest BCUT2D eigenvalue weighted by atomic mass is 16.6. The molecule has 2 aliphatic carbocycles. The standard InChI is InChI=1S/C30H35N3O4/c1-30(2,3)37-29(36)33-22-11-9-21(10-12-22)32-27-24-16-20(18-6-13-23(34)14-7-18)8-15-26(24)31-17-25(27)28(35)19-4-5-19/h6-8,13-17,19,21-22,34H,4-5,9-12H2,1-3H3,(H,31,32)(H,33,36)/t21-,22-. The molecule has 0 unspecified atom stereocenters. The number of hydrogen-bond donors (Lipinski definition) is 3. The fraction of sp³-hybridized carbons (Fsp3) is 0.433. The lowest BCUT2D eigenvalue weighted by atomic mass is 9.90. The molecule has 5 rings (SSSR count). The fourth-order valence-electron chi connectivity index (χ4n) is 4.99. The van der Waals surface area contributed by atoms with Gasteiger partial charge in [0.2, 0.25) is 0 Å². The summed E-state index contributed by atoms with van der Waals surface area (Å²) in [6.07, 6.45) is 6.65. The summed E-state index contributed by atoms with van der Waals surface area (Å²) in [7, 11) is 0. The van der Waals surface area contributed by atoms with Crippen molar-refractivity contribution in [2.24, 2.45) is 5.92 Å². The van der Waals surface area contributed by atoms with E-state index in [9.17, 15) is 14.7 Å². The number of benzene rings is 2. The Hall–Kier alpha value is -3.61. The Bertz CT molecular complexity index is 1300. The number of ether oxygens (including phenoxy) is 1. The summed E-state index contributed by atoms with van der Waals surface area (Å²) >= 11 is 0. The van der Waals surface area contributed by atoms with Crippen LogP contribution in [0.4, 0.5) is 10.5 Å². The van der Waals surface area contributed by atoms with Gasteiger partial charge in [-0.25, -0.2) is 4.79 Å². The third-order valence-electron chi connectivity index (χ3n) is 7.08. The molecule has 194 valence electrons. The van der Waals surface area contributed by atoms with Crippen molar-refractivity contribution in [1.82, 2.24) is 10.3 Å². The lowest BCUT2D eigenvalue weighted by Crippen LogP contribution is -2.42. The van der Waals surface area contributed by atoms with Crippen LogP contribution in [0, 0.1) is 5.92 Å². The van der Waals surface area contributed by atoms with Crippen molar-refractivity contribution in [1.29, 1.82) is 0 Å². The van der Waals surface area contributed by atoms with Crippen molar-refractivity contribution >= 4 is 28.5 Å². The van der Waals surface area contributed by atoms with Gasteiger partial charge in [-0.2, -0.15) is 0 Å². The van der Waals surface area contributed by atoms with Gasteiger partial charge < -0.3 is 20.5 Å². The highest BCUT2D eigenvalue weighted by Crippen LogP contribution is 2.38. The van der Waals surface area contributed by atoms with E-state index in [1.54, 1.807) is 18.3 Å². The molecule has 37 heavy (non-hydrogen) atoms. The number of nitrogens with zero attached hydrogens (tertiary/aromatic N) is 1. The molecule has 1 heterocycles. The zero-order valence-corrected chi connectivity index (χ0v) is 21.7. The predicted molar refractivity (Wildman–Crippen MR) is 145 cm³/mol. The van der Waals surface area contributed by atoms with E-state index in [4.69, 9.17) is 4.74 Å². The number of aromatic nitrogens is 1. The normalized spacial score (nSPS) is 19.9. The van der Waals surface area contributed by atoms with E-state index in [0.29, 0.717) is 5.56 Å². The number of amides is 1. The van der Waals surface area contributed by atoms with Gasteiger partial charge in [-0.15, -0.1) is 0 Å². The van der Waals surface area contributed by atoms with Crippen LogP contribution in [-0.2, 0) is 4.74 Å². The van der Waals surface area contributed by atoms with Gasteiger partial charge in [-0.1, -0.05) is 18.2 Å². The number of nitrogens with one attached hydrogen (secondary N) is 2. The van der Waals surface area contributed by atoms with Crippen LogP contribution >= 0.6 is 0 Å². The van der Waals surface area contributed by atoms with Gasteiger partial charge in [0.05, 0.1) is 16.8 Å². The molecule has 7 heteroatoms. The summed E-state index contributed by atoms with van der Waals surface area (Å²) in [6, 6.07) is 13.5. The average Bonchev–Trinajstić information content (AvgIpc) is 3.70. The van der Waals surface area contributed by atoms with Crippen LogP contribution < -0.4 is 10.6 Å². The number of pyridine rings is 1. The van der Waals surface area contributed by atoms with Crippen molar-refractivity contribution < 1.29 is 19.4 Å². The Kier molecular flexibility index (Phi) is 6.80. The van der Waals surface area contributed by atoms with Crippen LogP contribution in [0.25, 0.3) is 22.0 Å². The number of alkyl carbamates (subject to hydrolysis) is 1. The number of hydrogen-bond acceptors (Lipinski definition) is 6. The summed E-state index contributed by atoms with van der Waals surface area (Å²) in [5, 5.41) is 17.3. The Labute approximate surface area is 217 Å². The van der Waals surface area contributed by atoms with E-state index in [2.05, 4.69) is 21.7 Å². The number of Topliss-reactive ketones (excluding diaryl/α,β-unsaturated/α-hetero) is 1. The number of carbonyl (C=O) groups excluding carboxylic acids is 2. The molecule has 0 radical (unpaired) electrons. The zero-order chi connectivity index (χ0) is 26.2. The third kappa shape index (κ3) is 6.04. The molecule has 1 aromatic heterocycles. The SMILES string of the molecule is CC(C)(C)OC(=O)N[C@H]1CC[C@H](Nc2c(C(=O)C3CC3)cnc3ccc(-c4ccc(O)cc4)cc23)CC1. The van der Waals surface area contributed by atoms with Crippen molar-refractivity contribution in [2.45, 2.75) is 77.0 Å². The molecule has 2 aliphatic rings. The monoisotopic (exact) mass is 501 g/mol. The van der Waals surface area contributed by atoms with Gasteiger partial charge in [0, 0.05) is 29.6 Å². The molecule has 0 spiro atoms. The molecule has 2 aromatic carbocycles. The summed E-state index contributed by atoms with van der Waals surface area (Å²) in [5.74, 6) is 0.476. The first-order valence-corrected chi connectivity index (χ1v) is 13.2. The topological polar surface area (TPSA) is 101 Å². The number of phenols is 1. The van der Waals surface area contributed by atoms with E-state index in [0.717, 1.165) is 66.2 Å². The van der Waals surface area contributed by atoms with Crippen molar-refractivity contribution in [3.63, 3.8) is 0 Å². The molecule has 2 saturated carbocycles. The van der Waals surface area contributed by atoms with Crippen LogP contribution in [0.15, 0.2) is 48.7 Å². The first kappa shape index (κ1) is 25.1. The molecule has 3 aromatic rings. The third-order valence-corrected chi connectivity index (χ3v) is 7.08. The van der Waals surface area contributed by atoms with Gasteiger partial charge in [0.15, 0.2) is 5.78 Å². The summed E-state index contributed by atoms with van der Waals surface area (Å²) in [4.78, 5) is 30.0. The smallest absolute Gasteiger partial charge is 0.407 e. The van der Waals surface area contributed by atoms with Gasteiger partial charge in [0.1, 0.15) is 11.4 Å². The second-order valence-electron chi connectivity index (χ2n) is 11.3. The molecule has 0 bridgehead atoms. The van der Waals surface area contributed by atoms with E-state index in [1.165, 1.54) is 0 Å². The molecule has 0 saturated heterocycles. The second-order valence-corrected chi connectivity index (χ2v) is 11.3. The zero-order valence-electron chi connectivity index (χ0n) is 21.7. The molecular weight excluding hydrogens is 466 g/mol. The van der Waals surface area contributed by atoms with Crippen LogP contribution in [0.3, 0.4) is 0 Å². The number of rotatable bonds is 6. The van der Waals surface area contributed by atoms with Gasteiger partial charge in [-0.3, -0.25) is 9.78 Å². The molecule has 0 aliphatic heterocycles. The average molecular weight is 502 g/mol. The lowest BCUT2D eigenvalue weighted by Gasteiger charge is -2.31. The van der Waals surface area contributed by atoms with Crippen molar-refractivity contribution in [3.8, 4) is 16.9 Å². The molecule has 7 nitrogen and oxygen atoms in total. The Morgan fingerprint density at radius 2 is 1.57 bits per heavy atom. The molecule has 3 N–H and O–H groups in total. The second kappa shape index (κ2) is 10.0. The lowest BCUT2D eigenvalue weighted by molar-refractivity contribution is 0.0492. The number of fused-ring (bicyclic) bond motifs is 1. The van der Waals surface area contributed by atoms with E-state index in [-0.39, 0.29) is 35.6 Å². The maximum atomic E-state index is 13.2. The Morgan fingerprint density at radius 1 is 0.919 bits per heavy atom. The van der Waals surface area contributed by atoms with Crippen LogP contribution in [-0.4, -0.2) is 39.7 Å². The van der Waals surface area contributed by atoms with E-state index < -0.39 is 5.60 Å². The van der Waals surface area contributed by atoms with Crippen molar-refractivity contribution in [2.75, 3.05) is 5.32 Å². The minimum absolute atomic E-state index is 0.0794. The van der Waals surface area contributed by atoms with E-state index in [1.807, 2.05) is 45.0 Å². The summed E-state index contributed by atoms with van der Waals surface area (Å²) < 4.78 is 5.41. The fourth-order valence-corrected chi connectivity index (χ4v) is 4.99. The Balaban J connectivity index is 1.39. The largest absolute Gasteiger partial charge is 0.508 e. The van der Waals surface area contributed by atoms with E-state index >= 15 is 0 Å². The minimum Gasteiger partial charge on any atom is -0.508 e. The predicted octanol–water partition coefficient (Wildman–Crippen LogP) is 6.45. The van der Waals surface area contributed by atoms with Crippen LogP contribution in [0.2, 0.25) is 0 Å². The van der Waals surface area contributed by atoms with Gasteiger partial charge >= 0.3 is 6.09 Å². The summed E-state index contributed by atoms with van der Waals surface area (Å²) in [6.45, 7) is 5.58. The number of anilines is 1. The molecular formula is C30H35N3O4. The maximum Gasteiger partial charge on any atom is 0.407 e.